The molecule has 4 heteroatoms. The maximum absolute atomic E-state index is 11.5. The van der Waals surface area contributed by atoms with Crippen LogP contribution in [0.1, 0.15) is 38.7 Å². The van der Waals surface area contributed by atoms with Gasteiger partial charge in [0.05, 0.1) is 6.10 Å². The van der Waals surface area contributed by atoms with Crippen LogP contribution in [0.4, 0.5) is 0 Å². The van der Waals surface area contributed by atoms with Crippen LogP contribution < -0.4 is 10.1 Å². The second-order valence-electron chi connectivity index (χ2n) is 5.00. The minimum Gasteiger partial charge on any atom is -0.484 e. The molecule has 106 valence electrons. The third kappa shape index (κ3) is 6.25. The minimum atomic E-state index is -0.399. The van der Waals surface area contributed by atoms with Gasteiger partial charge in [0.25, 0.3) is 5.91 Å². The zero-order valence-corrected chi connectivity index (χ0v) is 11.8. The molecule has 0 saturated carbocycles. The molecule has 0 aliphatic carbocycles. The summed E-state index contributed by atoms with van der Waals surface area (Å²) >= 11 is 0. The Hall–Kier alpha value is -1.55. The van der Waals surface area contributed by atoms with Gasteiger partial charge < -0.3 is 15.2 Å². The van der Waals surface area contributed by atoms with Crippen LogP contribution in [0.2, 0.25) is 0 Å². The number of carbonyl (C=O) groups excluding carboxylic acids is 1. The fourth-order valence-corrected chi connectivity index (χ4v) is 1.58. The molecular formula is C15H23NO3. The monoisotopic (exact) mass is 265 g/mol. The van der Waals surface area contributed by atoms with Crippen LogP contribution in [-0.2, 0) is 4.79 Å². The van der Waals surface area contributed by atoms with Gasteiger partial charge in [0.1, 0.15) is 5.75 Å². The first-order valence-corrected chi connectivity index (χ1v) is 6.66. The third-order valence-corrected chi connectivity index (χ3v) is 2.78. The molecule has 1 unspecified atom stereocenters. The van der Waals surface area contributed by atoms with E-state index in [2.05, 4.69) is 19.2 Å². The molecule has 0 spiro atoms. The number of aliphatic hydroxyl groups is 1. The van der Waals surface area contributed by atoms with Gasteiger partial charge in [0.15, 0.2) is 6.61 Å². The largest absolute Gasteiger partial charge is 0.484 e. The van der Waals surface area contributed by atoms with Crippen molar-refractivity contribution < 1.29 is 14.6 Å². The van der Waals surface area contributed by atoms with Crippen molar-refractivity contribution in [3.05, 3.63) is 29.8 Å². The van der Waals surface area contributed by atoms with E-state index < -0.39 is 6.10 Å². The third-order valence-electron chi connectivity index (χ3n) is 2.78. The van der Waals surface area contributed by atoms with Crippen molar-refractivity contribution >= 4 is 5.91 Å². The van der Waals surface area contributed by atoms with E-state index in [9.17, 15) is 4.79 Å². The number of nitrogens with one attached hydrogen (secondary N) is 1. The fraction of sp³-hybridized carbons (Fsp3) is 0.533. The lowest BCUT2D eigenvalue weighted by molar-refractivity contribution is -0.123. The van der Waals surface area contributed by atoms with Crippen molar-refractivity contribution in [1.82, 2.24) is 5.32 Å². The predicted octanol–water partition coefficient (Wildman–Crippen LogP) is 2.08. The van der Waals surface area contributed by atoms with Crippen LogP contribution in [0.25, 0.3) is 0 Å². The second kappa shape index (κ2) is 7.79. The van der Waals surface area contributed by atoms with Gasteiger partial charge >= 0.3 is 0 Å². The molecule has 0 aliphatic heterocycles. The highest BCUT2D eigenvalue weighted by Crippen LogP contribution is 2.19. The Morgan fingerprint density at radius 2 is 2.11 bits per heavy atom. The quantitative estimate of drug-likeness (QED) is 0.793. The summed E-state index contributed by atoms with van der Waals surface area (Å²) in [5.41, 5.74) is 1.19. The Balaban J connectivity index is 2.35. The predicted molar refractivity (Wildman–Crippen MR) is 75.3 cm³/mol. The van der Waals surface area contributed by atoms with E-state index >= 15 is 0 Å². The molecule has 1 aromatic rings. The molecule has 19 heavy (non-hydrogen) atoms. The summed E-state index contributed by atoms with van der Waals surface area (Å²) in [6.45, 7) is 6.39. The first kappa shape index (κ1) is 15.5. The van der Waals surface area contributed by atoms with Crippen molar-refractivity contribution in [2.75, 3.05) is 13.2 Å². The van der Waals surface area contributed by atoms with Crippen LogP contribution in [0.5, 0.6) is 5.75 Å². The average molecular weight is 265 g/mol. The first-order valence-electron chi connectivity index (χ1n) is 6.66. The Morgan fingerprint density at radius 1 is 1.37 bits per heavy atom. The highest BCUT2D eigenvalue weighted by atomic mass is 16.5. The normalized spacial score (nSPS) is 12.3. The molecule has 4 nitrogen and oxygen atoms in total. The zero-order valence-electron chi connectivity index (χ0n) is 11.8. The molecule has 1 atom stereocenters. The van der Waals surface area contributed by atoms with E-state index in [1.165, 1.54) is 5.56 Å². The fourth-order valence-electron chi connectivity index (χ4n) is 1.58. The van der Waals surface area contributed by atoms with Gasteiger partial charge in [-0.2, -0.15) is 0 Å². The number of benzene rings is 1. The van der Waals surface area contributed by atoms with E-state index in [1.807, 2.05) is 24.3 Å². The smallest absolute Gasteiger partial charge is 0.257 e. The van der Waals surface area contributed by atoms with Crippen LogP contribution in [0, 0.1) is 0 Å². The molecule has 0 heterocycles. The highest BCUT2D eigenvalue weighted by molar-refractivity contribution is 5.77. The van der Waals surface area contributed by atoms with E-state index in [-0.39, 0.29) is 12.5 Å². The molecule has 0 fully saturated rings. The van der Waals surface area contributed by atoms with E-state index in [1.54, 1.807) is 6.92 Å². The number of hydrogen-bond donors (Lipinski definition) is 2. The summed E-state index contributed by atoms with van der Waals surface area (Å²) in [4.78, 5) is 11.5. The van der Waals surface area contributed by atoms with Gasteiger partial charge in [-0.25, -0.2) is 0 Å². The van der Waals surface area contributed by atoms with Crippen molar-refractivity contribution in [2.45, 2.75) is 39.2 Å². The maximum Gasteiger partial charge on any atom is 0.257 e. The summed E-state index contributed by atoms with van der Waals surface area (Å²) in [7, 11) is 0. The highest BCUT2D eigenvalue weighted by Gasteiger charge is 2.05. The molecule has 1 rings (SSSR count). The number of aliphatic hydroxyl groups excluding tert-OH is 1. The maximum atomic E-state index is 11.5. The molecule has 1 amide bonds. The Kier molecular flexibility index (Phi) is 6.36. The van der Waals surface area contributed by atoms with Crippen molar-refractivity contribution in [3.8, 4) is 5.75 Å². The van der Waals surface area contributed by atoms with Crippen LogP contribution in [0.15, 0.2) is 24.3 Å². The molecule has 2 N–H and O–H groups in total. The summed E-state index contributed by atoms with van der Waals surface area (Å²) in [6, 6.07) is 7.76. The van der Waals surface area contributed by atoms with E-state index in [4.69, 9.17) is 9.84 Å². The van der Waals surface area contributed by atoms with Gasteiger partial charge in [-0.3, -0.25) is 4.79 Å². The van der Waals surface area contributed by atoms with Crippen molar-refractivity contribution in [3.63, 3.8) is 0 Å². The Bertz CT molecular complexity index is 402. The summed E-state index contributed by atoms with van der Waals surface area (Å²) < 4.78 is 5.44. The van der Waals surface area contributed by atoms with Crippen LogP contribution in [-0.4, -0.2) is 30.3 Å². The van der Waals surface area contributed by atoms with E-state index in [0.717, 1.165) is 0 Å². The van der Waals surface area contributed by atoms with E-state index in [0.29, 0.717) is 24.6 Å². The lowest BCUT2D eigenvalue weighted by Gasteiger charge is -2.10. The minimum absolute atomic E-state index is 0.00135. The summed E-state index contributed by atoms with van der Waals surface area (Å²) in [5.74, 6) is 0.968. The van der Waals surface area contributed by atoms with Crippen molar-refractivity contribution in [1.29, 1.82) is 0 Å². The van der Waals surface area contributed by atoms with Crippen LogP contribution >= 0.6 is 0 Å². The lowest BCUT2D eigenvalue weighted by Crippen LogP contribution is -2.31. The molecule has 0 aromatic heterocycles. The molecule has 1 aromatic carbocycles. The Morgan fingerprint density at radius 3 is 2.74 bits per heavy atom. The average Bonchev–Trinajstić information content (AvgIpc) is 2.36. The molecule has 0 aliphatic rings. The first-order chi connectivity index (χ1) is 8.99. The topological polar surface area (TPSA) is 58.6 Å². The summed E-state index contributed by atoms with van der Waals surface area (Å²) in [5, 5.41) is 11.8. The SMILES string of the molecule is CC(O)CCNC(=O)COc1cccc(C(C)C)c1. The number of hydrogen-bond acceptors (Lipinski definition) is 3. The molecule has 0 bridgehead atoms. The van der Waals surface area contributed by atoms with Gasteiger partial charge in [0.2, 0.25) is 0 Å². The lowest BCUT2D eigenvalue weighted by atomic mass is 10.0. The van der Waals surface area contributed by atoms with Gasteiger partial charge in [-0.05, 0) is 37.0 Å². The zero-order chi connectivity index (χ0) is 14.3. The van der Waals surface area contributed by atoms with Crippen LogP contribution in [0.3, 0.4) is 0 Å². The van der Waals surface area contributed by atoms with Gasteiger partial charge in [-0.1, -0.05) is 26.0 Å². The number of carbonyl (C=O) groups is 1. The Labute approximate surface area is 114 Å². The van der Waals surface area contributed by atoms with Gasteiger partial charge in [-0.15, -0.1) is 0 Å². The standard InChI is InChI=1S/C15H23NO3/c1-11(2)13-5-4-6-14(9-13)19-10-15(18)16-8-7-12(3)17/h4-6,9,11-12,17H,7-8,10H2,1-3H3,(H,16,18). The van der Waals surface area contributed by atoms with Gasteiger partial charge in [0, 0.05) is 6.54 Å². The number of amides is 1. The summed E-state index contributed by atoms with van der Waals surface area (Å²) in [6.07, 6.45) is 0.151. The number of ether oxygens (including phenoxy) is 1. The molecule has 0 radical (unpaired) electrons. The molecular weight excluding hydrogens is 242 g/mol. The second-order valence-corrected chi connectivity index (χ2v) is 5.00. The van der Waals surface area contributed by atoms with Crippen molar-refractivity contribution in [2.24, 2.45) is 0 Å². The molecule has 0 saturated heterocycles. The number of rotatable bonds is 7.